The van der Waals surface area contributed by atoms with E-state index in [0.29, 0.717) is 5.02 Å². The van der Waals surface area contributed by atoms with Crippen LogP contribution >= 0.6 is 22.9 Å². The summed E-state index contributed by atoms with van der Waals surface area (Å²) in [4.78, 5) is 4.32. The highest BCUT2D eigenvalue weighted by molar-refractivity contribution is 7.18. The van der Waals surface area contributed by atoms with Crippen molar-refractivity contribution in [3.63, 3.8) is 0 Å². The van der Waals surface area contributed by atoms with Crippen LogP contribution in [0.1, 0.15) is 5.01 Å². The Kier molecular flexibility index (Phi) is 2.14. The van der Waals surface area contributed by atoms with E-state index >= 15 is 0 Å². The number of hydrogen-bond acceptors (Lipinski definition) is 3. The van der Waals surface area contributed by atoms with Crippen molar-refractivity contribution in [2.45, 2.75) is 6.92 Å². The van der Waals surface area contributed by atoms with E-state index < -0.39 is 0 Å². The third-order valence-electron chi connectivity index (χ3n) is 1.76. The third-order valence-corrected chi connectivity index (χ3v) is 2.97. The summed E-state index contributed by atoms with van der Waals surface area (Å²) in [6.45, 7) is 1.97. The van der Waals surface area contributed by atoms with Crippen LogP contribution in [0.5, 0.6) is 5.75 Å². The SMILES string of the molecule is COc1cc(Cl)c2nc(C)sc2c1. The molecule has 0 fully saturated rings. The van der Waals surface area contributed by atoms with Crippen molar-refractivity contribution in [3.05, 3.63) is 22.2 Å². The summed E-state index contributed by atoms with van der Waals surface area (Å²) in [7, 11) is 1.63. The number of aryl methyl sites for hydroxylation is 1. The summed E-state index contributed by atoms with van der Waals surface area (Å²) in [5.41, 5.74) is 0.866. The van der Waals surface area contributed by atoms with Gasteiger partial charge in [0.1, 0.15) is 11.3 Å². The Bertz CT molecular complexity index is 452. The Balaban J connectivity index is 2.75. The quantitative estimate of drug-likeness (QED) is 0.726. The van der Waals surface area contributed by atoms with Gasteiger partial charge >= 0.3 is 0 Å². The third kappa shape index (κ3) is 1.49. The Morgan fingerprint density at radius 1 is 1.46 bits per heavy atom. The van der Waals surface area contributed by atoms with Gasteiger partial charge in [-0.25, -0.2) is 4.98 Å². The first kappa shape index (κ1) is 8.78. The number of thiazole rings is 1. The number of halogens is 1. The standard InChI is InChI=1S/C9H8ClNOS/c1-5-11-9-7(10)3-6(12-2)4-8(9)13-5/h3-4H,1-2H3. The minimum atomic E-state index is 0.652. The van der Waals surface area contributed by atoms with E-state index in [-0.39, 0.29) is 0 Å². The highest BCUT2D eigenvalue weighted by Crippen LogP contribution is 2.32. The van der Waals surface area contributed by atoms with Gasteiger partial charge in [-0.2, -0.15) is 0 Å². The van der Waals surface area contributed by atoms with Gasteiger partial charge in [-0.3, -0.25) is 0 Å². The van der Waals surface area contributed by atoms with Crippen LogP contribution in [0.15, 0.2) is 12.1 Å². The molecule has 2 nitrogen and oxygen atoms in total. The molecule has 0 atom stereocenters. The highest BCUT2D eigenvalue weighted by Gasteiger charge is 2.06. The van der Waals surface area contributed by atoms with Crippen LogP contribution in [0, 0.1) is 6.92 Å². The largest absolute Gasteiger partial charge is 0.497 e. The molecule has 1 heterocycles. The summed E-state index contributed by atoms with van der Waals surface area (Å²) < 4.78 is 6.18. The van der Waals surface area contributed by atoms with Crippen LogP contribution in [-0.4, -0.2) is 12.1 Å². The number of ether oxygens (including phenoxy) is 1. The Labute approximate surface area is 85.1 Å². The smallest absolute Gasteiger partial charge is 0.121 e. The number of methoxy groups -OCH3 is 1. The van der Waals surface area contributed by atoms with Crippen molar-refractivity contribution in [3.8, 4) is 5.75 Å². The molecule has 0 amide bonds. The molecule has 0 unspecified atom stereocenters. The predicted octanol–water partition coefficient (Wildman–Crippen LogP) is 3.27. The van der Waals surface area contributed by atoms with Gasteiger partial charge in [0.25, 0.3) is 0 Å². The topological polar surface area (TPSA) is 22.1 Å². The molecule has 0 bridgehead atoms. The first-order valence-corrected chi connectivity index (χ1v) is 5.01. The molecule has 13 heavy (non-hydrogen) atoms. The summed E-state index contributed by atoms with van der Waals surface area (Å²) >= 11 is 7.64. The predicted molar refractivity (Wildman–Crippen MR) is 55.9 cm³/mol. The fourth-order valence-corrected chi connectivity index (χ4v) is 2.38. The lowest BCUT2D eigenvalue weighted by molar-refractivity contribution is 0.415. The summed E-state index contributed by atoms with van der Waals surface area (Å²) in [6, 6.07) is 3.73. The van der Waals surface area contributed by atoms with Crippen LogP contribution in [0.3, 0.4) is 0 Å². The maximum Gasteiger partial charge on any atom is 0.121 e. The molecule has 0 radical (unpaired) electrons. The van der Waals surface area contributed by atoms with Gasteiger partial charge in [0, 0.05) is 6.07 Å². The molecule has 0 aliphatic rings. The second-order valence-electron chi connectivity index (χ2n) is 2.69. The normalized spacial score (nSPS) is 10.7. The van der Waals surface area contributed by atoms with Gasteiger partial charge in [-0.15, -0.1) is 11.3 Å². The molecule has 0 spiro atoms. The van der Waals surface area contributed by atoms with E-state index in [9.17, 15) is 0 Å². The fraction of sp³-hybridized carbons (Fsp3) is 0.222. The molecule has 1 aromatic carbocycles. The zero-order valence-electron chi connectivity index (χ0n) is 7.30. The molecule has 2 rings (SSSR count). The Morgan fingerprint density at radius 3 is 2.92 bits per heavy atom. The number of nitrogens with zero attached hydrogens (tertiary/aromatic N) is 1. The van der Waals surface area contributed by atoms with Crippen molar-refractivity contribution in [1.29, 1.82) is 0 Å². The van der Waals surface area contributed by atoms with Gasteiger partial charge in [0.2, 0.25) is 0 Å². The van der Waals surface area contributed by atoms with E-state index in [1.54, 1.807) is 24.5 Å². The molecule has 0 saturated carbocycles. The van der Waals surface area contributed by atoms with Crippen LogP contribution in [0.25, 0.3) is 10.2 Å². The zero-order valence-corrected chi connectivity index (χ0v) is 8.87. The summed E-state index contributed by atoms with van der Waals surface area (Å²) in [6.07, 6.45) is 0. The van der Waals surface area contributed by atoms with E-state index in [0.717, 1.165) is 21.0 Å². The molecule has 68 valence electrons. The second kappa shape index (κ2) is 3.16. The maximum atomic E-state index is 6.02. The van der Waals surface area contributed by atoms with Crippen LogP contribution < -0.4 is 4.74 Å². The lowest BCUT2D eigenvalue weighted by atomic mass is 10.3. The van der Waals surface area contributed by atoms with Crippen molar-refractivity contribution in [2.24, 2.45) is 0 Å². The average Bonchev–Trinajstić information content (AvgIpc) is 2.46. The van der Waals surface area contributed by atoms with E-state index in [2.05, 4.69) is 4.98 Å². The van der Waals surface area contributed by atoms with Gasteiger partial charge in [-0.1, -0.05) is 11.6 Å². The molecule has 0 N–H and O–H groups in total. The number of rotatable bonds is 1. The minimum absolute atomic E-state index is 0.652. The lowest BCUT2D eigenvalue weighted by Gasteiger charge is -1.99. The van der Waals surface area contributed by atoms with Gasteiger partial charge in [0.05, 0.1) is 21.8 Å². The molecule has 0 saturated heterocycles. The second-order valence-corrected chi connectivity index (χ2v) is 4.33. The van der Waals surface area contributed by atoms with Crippen LogP contribution in [-0.2, 0) is 0 Å². The summed E-state index contributed by atoms with van der Waals surface area (Å²) in [5.74, 6) is 0.779. The molecule has 4 heteroatoms. The Hall–Kier alpha value is -0.800. The van der Waals surface area contributed by atoms with E-state index in [1.807, 2.05) is 13.0 Å². The van der Waals surface area contributed by atoms with Crippen molar-refractivity contribution in [1.82, 2.24) is 4.98 Å². The Morgan fingerprint density at radius 2 is 2.23 bits per heavy atom. The van der Waals surface area contributed by atoms with Gasteiger partial charge < -0.3 is 4.74 Å². The number of hydrogen-bond donors (Lipinski definition) is 0. The van der Waals surface area contributed by atoms with E-state index in [4.69, 9.17) is 16.3 Å². The molecule has 2 aromatic rings. The van der Waals surface area contributed by atoms with Crippen molar-refractivity contribution < 1.29 is 4.74 Å². The van der Waals surface area contributed by atoms with Crippen LogP contribution in [0.4, 0.5) is 0 Å². The first-order valence-electron chi connectivity index (χ1n) is 3.81. The lowest BCUT2D eigenvalue weighted by Crippen LogP contribution is -1.81. The maximum absolute atomic E-state index is 6.02. The van der Waals surface area contributed by atoms with Crippen molar-refractivity contribution >= 4 is 33.2 Å². The molecule has 1 aromatic heterocycles. The monoisotopic (exact) mass is 213 g/mol. The number of benzene rings is 1. The van der Waals surface area contributed by atoms with Gasteiger partial charge in [0.15, 0.2) is 0 Å². The highest BCUT2D eigenvalue weighted by atomic mass is 35.5. The molecule has 0 aliphatic heterocycles. The molecular weight excluding hydrogens is 206 g/mol. The molecule has 0 aliphatic carbocycles. The van der Waals surface area contributed by atoms with Crippen molar-refractivity contribution in [2.75, 3.05) is 7.11 Å². The van der Waals surface area contributed by atoms with E-state index in [1.165, 1.54) is 0 Å². The summed E-state index contributed by atoms with van der Waals surface area (Å²) in [5, 5.41) is 1.67. The molecular formula is C9H8ClNOS. The van der Waals surface area contributed by atoms with Crippen LogP contribution in [0.2, 0.25) is 5.02 Å². The minimum Gasteiger partial charge on any atom is -0.497 e. The zero-order chi connectivity index (χ0) is 9.42. The fourth-order valence-electron chi connectivity index (χ4n) is 1.19. The number of fused-ring (bicyclic) bond motifs is 1. The van der Waals surface area contributed by atoms with Gasteiger partial charge in [-0.05, 0) is 13.0 Å². The number of aromatic nitrogens is 1. The first-order chi connectivity index (χ1) is 6.20. The average molecular weight is 214 g/mol.